The zero-order chi connectivity index (χ0) is 15.5. The summed E-state index contributed by atoms with van der Waals surface area (Å²) in [4.78, 5) is 23.5. The number of aliphatic carboxylic acids is 1. The SMILES string of the molecule is O=C(CS(=O)(=O)C1CCCC1)NC1(C(=O)O)CCCCC1. The highest BCUT2D eigenvalue weighted by Crippen LogP contribution is 2.29. The molecule has 0 unspecified atom stereocenters. The van der Waals surface area contributed by atoms with E-state index in [1.807, 2.05) is 0 Å². The van der Waals surface area contributed by atoms with E-state index in [2.05, 4.69) is 5.32 Å². The Bertz CT molecular complexity index is 501. The monoisotopic (exact) mass is 317 g/mol. The maximum Gasteiger partial charge on any atom is 0.329 e. The number of carbonyl (C=O) groups excluding carboxylic acids is 1. The van der Waals surface area contributed by atoms with Crippen molar-refractivity contribution >= 4 is 21.7 Å². The van der Waals surface area contributed by atoms with Crippen LogP contribution in [0.5, 0.6) is 0 Å². The van der Waals surface area contributed by atoms with E-state index < -0.39 is 38.3 Å². The van der Waals surface area contributed by atoms with Crippen LogP contribution < -0.4 is 5.32 Å². The van der Waals surface area contributed by atoms with Crippen LogP contribution in [0, 0.1) is 0 Å². The van der Waals surface area contributed by atoms with Gasteiger partial charge < -0.3 is 10.4 Å². The normalized spacial score (nSPS) is 22.9. The molecule has 0 aromatic rings. The van der Waals surface area contributed by atoms with E-state index in [1.54, 1.807) is 0 Å². The molecule has 0 saturated heterocycles. The van der Waals surface area contributed by atoms with Crippen LogP contribution in [-0.2, 0) is 19.4 Å². The van der Waals surface area contributed by atoms with E-state index in [1.165, 1.54) is 0 Å². The van der Waals surface area contributed by atoms with Crippen LogP contribution in [0.4, 0.5) is 0 Å². The Morgan fingerprint density at radius 1 is 1.05 bits per heavy atom. The lowest BCUT2D eigenvalue weighted by Crippen LogP contribution is -2.56. The molecule has 0 spiro atoms. The number of hydrogen-bond acceptors (Lipinski definition) is 4. The molecule has 2 saturated carbocycles. The molecule has 1 amide bonds. The van der Waals surface area contributed by atoms with Crippen molar-refractivity contribution in [2.24, 2.45) is 0 Å². The fourth-order valence-corrected chi connectivity index (χ4v) is 5.12. The lowest BCUT2D eigenvalue weighted by atomic mass is 9.81. The average Bonchev–Trinajstić information content (AvgIpc) is 2.93. The summed E-state index contributed by atoms with van der Waals surface area (Å²) in [5.74, 6) is -2.33. The summed E-state index contributed by atoms with van der Waals surface area (Å²) in [6.07, 6.45) is 6.15. The van der Waals surface area contributed by atoms with Crippen molar-refractivity contribution < 1.29 is 23.1 Å². The van der Waals surface area contributed by atoms with Gasteiger partial charge in [-0.15, -0.1) is 0 Å². The zero-order valence-corrected chi connectivity index (χ0v) is 13.0. The summed E-state index contributed by atoms with van der Waals surface area (Å²) in [7, 11) is -3.47. The molecule has 21 heavy (non-hydrogen) atoms. The minimum Gasteiger partial charge on any atom is -0.480 e. The predicted molar refractivity (Wildman–Crippen MR) is 77.6 cm³/mol. The number of carbonyl (C=O) groups is 2. The Morgan fingerprint density at radius 3 is 2.14 bits per heavy atom. The van der Waals surface area contributed by atoms with E-state index in [0.717, 1.165) is 32.1 Å². The first kappa shape index (κ1) is 16.3. The van der Waals surface area contributed by atoms with Gasteiger partial charge in [-0.2, -0.15) is 0 Å². The number of amides is 1. The van der Waals surface area contributed by atoms with Crippen molar-refractivity contribution in [1.29, 1.82) is 0 Å². The molecule has 2 fully saturated rings. The zero-order valence-electron chi connectivity index (χ0n) is 12.1. The molecule has 0 heterocycles. The smallest absolute Gasteiger partial charge is 0.329 e. The van der Waals surface area contributed by atoms with Crippen molar-refractivity contribution in [2.45, 2.75) is 68.6 Å². The van der Waals surface area contributed by atoms with E-state index in [9.17, 15) is 23.1 Å². The van der Waals surface area contributed by atoms with Crippen LogP contribution in [0.15, 0.2) is 0 Å². The maximum atomic E-state index is 12.2. The number of hydrogen-bond donors (Lipinski definition) is 2. The van der Waals surface area contributed by atoms with Crippen LogP contribution in [0.3, 0.4) is 0 Å². The second-order valence-electron chi connectivity index (χ2n) is 6.21. The number of rotatable bonds is 5. The van der Waals surface area contributed by atoms with Crippen molar-refractivity contribution in [3.63, 3.8) is 0 Å². The van der Waals surface area contributed by atoms with Crippen LogP contribution in [0.2, 0.25) is 0 Å². The number of carboxylic acids is 1. The first-order valence-corrected chi connectivity index (χ1v) is 9.33. The first-order valence-electron chi connectivity index (χ1n) is 7.62. The highest BCUT2D eigenvalue weighted by atomic mass is 32.2. The molecular weight excluding hydrogens is 294 g/mol. The topological polar surface area (TPSA) is 101 Å². The minimum atomic E-state index is -3.47. The predicted octanol–water partition coefficient (Wildman–Crippen LogP) is 1.25. The van der Waals surface area contributed by atoms with E-state index in [0.29, 0.717) is 25.7 Å². The number of sulfone groups is 1. The summed E-state index contributed by atoms with van der Waals surface area (Å²) in [5.41, 5.74) is -1.28. The molecule has 0 radical (unpaired) electrons. The summed E-state index contributed by atoms with van der Waals surface area (Å²) >= 11 is 0. The second kappa shape index (κ2) is 6.34. The van der Waals surface area contributed by atoms with E-state index in [-0.39, 0.29) is 0 Å². The van der Waals surface area contributed by atoms with Gasteiger partial charge in [-0.3, -0.25) is 4.79 Å². The largest absolute Gasteiger partial charge is 0.480 e. The van der Waals surface area contributed by atoms with Gasteiger partial charge in [0, 0.05) is 0 Å². The Kier molecular flexibility index (Phi) is 4.91. The van der Waals surface area contributed by atoms with Crippen LogP contribution in [0.1, 0.15) is 57.8 Å². The van der Waals surface area contributed by atoms with Crippen molar-refractivity contribution in [3.8, 4) is 0 Å². The molecular formula is C14H23NO5S. The Hall–Kier alpha value is -1.11. The first-order chi connectivity index (χ1) is 9.86. The third-order valence-corrected chi connectivity index (χ3v) is 6.79. The molecule has 2 aliphatic carbocycles. The lowest BCUT2D eigenvalue weighted by molar-refractivity contribution is -0.148. The van der Waals surface area contributed by atoms with Gasteiger partial charge >= 0.3 is 5.97 Å². The summed E-state index contributed by atoms with van der Waals surface area (Å²) in [6.45, 7) is 0. The molecule has 2 aliphatic rings. The van der Waals surface area contributed by atoms with Crippen LogP contribution in [-0.4, -0.2) is 41.9 Å². The van der Waals surface area contributed by atoms with Gasteiger partial charge in [0.2, 0.25) is 5.91 Å². The fourth-order valence-electron chi connectivity index (χ4n) is 3.40. The van der Waals surface area contributed by atoms with Crippen molar-refractivity contribution in [2.75, 3.05) is 5.75 Å². The molecule has 0 atom stereocenters. The highest BCUT2D eigenvalue weighted by Gasteiger charge is 2.42. The van der Waals surface area contributed by atoms with Crippen LogP contribution in [0.25, 0.3) is 0 Å². The molecule has 120 valence electrons. The summed E-state index contributed by atoms with van der Waals surface area (Å²) in [5, 5.41) is 11.4. The molecule has 6 nitrogen and oxygen atoms in total. The number of nitrogens with one attached hydrogen (secondary N) is 1. The Labute approximate surface area is 125 Å². The lowest BCUT2D eigenvalue weighted by Gasteiger charge is -2.34. The molecule has 7 heteroatoms. The molecule has 2 rings (SSSR count). The van der Waals surface area contributed by atoms with Crippen LogP contribution >= 0.6 is 0 Å². The Balaban J connectivity index is 2.01. The fraction of sp³-hybridized carbons (Fsp3) is 0.857. The van der Waals surface area contributed by atoms with Crippen molar-refractivity contribution in [1.82, 2.24) is 5.32 Å². The van der Waals surface area contributed by atoms with Gasteiger partial charge in [-0.25, -0.2) is 13.2 Å². The molecule has 0 aliphatic heterocycles. The van der Waals surface area contributed by atoms with E-state index in [4.69, 9.17) is 0 Å². The molecule has 0 bridgehead atoms. The van der Waals surface area contributed by atoms with Gasteiger partial charge in [0.1, 0.15) is 11.3 Å². The minimum absolute atomic E-state index is 0.373. The van der Waals surface area contributed by atoms with Gasteiger partial charge in [-0.1, -0.05) is 32.1 Å². The van der Waals surface area contributed by atoms with Gasteiger partial charge in [-0.05, 0) is 25.7 Å². The molecule has 0 aromatic carbocycles. The van der Waals surface area contributed by atoms with E-state index >= 15 is 0 Å². The third-order valence-electron chi connectivity index (χ3n) is 4.64. The van der Waals surface area contributed by atoms with Gasteiger partial charge in [0.25, 0.3) is 0 Å². The van der Waals surface area contributed by atoms with Gasteiger partial charge in [0.05, 0.1) is 5.25 Å². The quantitative estimate of drug-likeness (QED) is 0.794. The van der Waals surface area contributed by atoms with Gasteiger partial charge in [0.15, 0.2) is 9.84 Å². The average molecular weight is 317 g/mol. The summed E-state index contributed by atoms with van der Waals surface area (Å²) in [6, 6.07) is 0. The second-order valence-corrected chi connectivity index (χ2v) is 8.49. The standard InChI is InChI=1S/C14H23NO5S/c16-12(10-21(19,20)11-6-2-3-7-11)15-14(13(17)18)8-4-1-5-9-14/h11H,1-10H2,(H,15,16)(H,17,18). The molecule has 2 N–H and O–H groups in total. The maximum absolute atomic E-state index is 12.2. The summed E-state index contributed by atoms with van der Waals surface area (Å²) < 4.78 is 24.3. The highest BCUT2D eigenvalue weighted by molar-refractivity contribution is 7.92. The number of carboxylic acid groups (broad SMARTS) is 1. The third kappa shape index (κ3) is 3.75. The Morgan fingerprint density at radius 2 is 1.62 bits per heavy atom. The molecule has 0 aromatic heterocycles. The van der Waals surface area contributed by atoms with Crippen molar-refractivity contribution in [3.05, 3.63) is 0 Å².